The molecule has 0 heterocycles. The molecule has 0 bridgehead atoms. The van der Waals surface area contributed by atoms with Crippen molar-refractivity contribution in [2.75, 3.05) is 20.2 Å². The molecule has 20 heavy (non-hydrogen) atoms. The Morgan fingerprint density at radius 1 is 1.30 bits per heavy atom. The SMILES string of the molecule is CCCC(CCN)CCC(=O)NCC(CC(=O)O)OC. The van der Waals surface area contributed by atoms with Gasteiger partial charge < -0.3 is 20.9 Å². The molecule has 4 N–H and O–H groups in total. The Labute approximate surface area is 121 Å². The normalized spacial score (nSPS) is 13.8. The summed E-state index contributed by atoms with van der Waals surface area (Å²) in [6, 6.07) is 0. The van der Waals surface area contributed by atoms with Crippen molar-refractivity contribution in [3.63, 3.8) is 0 Å². The molecule has 0 saturated heterocycles. The first-order chi connectivity index (χ1) is 9.53. The Hall–Kier alpha value is -1.14. The van der Waals surface area contributed by atoms with Crippen LogP contribution in [0.2, 0.25) is 0 Å². The summed E-state index contributed by atoms with van der Waals surface area (Å²) in [7, 11) is 1.44. The predicted octanol–water partition coefficient (Wildman–Crippen LogP) is 1.14. The first-order valence-corrected chi connectivity index (χ1v) is 7.24. The van der Waals surface area contributed by atoms with Crippen molar-refractivity contribution in [3.05, 3.63) is 0 Å². The first-order valence-electron chi connectivity index (χ1n) is 7.24. The molecule has 0 aliphatic carbocycles. The van der Waals surface area contributed by atoms with E-state index in [1.54, 1.807) is 0 Å². The van der Waals surface area contributed by atoms with Gasteiger partial charge in [0, 0.05) is 20.1 Å². The van der Waals surface area contributed by atoms with Crippen LogP contribution in [-0.4, -0.2) is 43.3 Å². The Kier molecular flexibility index (Phi) is 11.0. The van der Waals surface area contributed by atoms with Gasteiger partial charge in [0.15, 0.2) is 0 Å². The summed E-state index contributed by atoms with van der Waals surface area (Å²) in [5, 5.41) is 11.4. The molecule has 0 aliphatic heterocycles. The molecule has 0 aromatic rings. The Morgan fingerprint density at radius 3 is 2.50 bits per heavy atom. The van der Waals surface area contributed by atoms with Crippen LogP contribution in [-0.2, 0) is 14.3 Å². The zero-order valence-electron chi connectivity index (χ0n) is 12.6. The van der Waals surface area contributed by atoms with Gasteiger partial charge in [-0.25, -0.2) is 0 Å². The zero-order chi connectivity index (χ0) is 15.4. The average Bonchev–Trinajstić information content (AvgIpc) is 2.40. The lowest BCUT2D eigenvalue weighted by Gasteiger charge is -2.16. The molecule has 0 aromatic carbocycles. The van der Waals surface area contributed by atoms with E-state index in [1.165, 1.54) is 7.11 Å². The summed E-state index contributed by atoms with van der Waals surface area (Å²) in [4.78, 5) is 22.3. The summed E-state index contributed by atoms with van der Waals surface area (Å²) in [5.41, 5.74) is 5.56. The number of carboxylic acid groups (broad SMARTS) is 1. The fraction of sp³-hybridized carbons (Fsp3) is 0.857. The third kappa shape index (κ3) is 9.75. The number of rotatable bonds is 12. The van der Waals surface area contributed by atoms with Gasteiger partial charge in [-0.05, 0) is 25.3 Å². The molecule has 0 radical (unpaired) electrons. The lowest BCUT2D eigenvalue weighted by atomic mass is 9.94. The number of aliphatic carboxylic acids is 1. The van der Waals surface area contributed by atoms with Gasteiger partial charge >= 0.3 is 5.97 Å². The van der Waals surface area contributed by atoms with Gasteiger partial charge in [-0.1, -0.05) is 19.8 Å². The standard InChI is InChI=1S/C14H28N2O4/c1-3-4-11(7-8-15)5-6-13(17)16-10-12(20-2)9-14(18)19/h11-12H,3-10,15H2,1-2H3,(H,16,17)(H,18,19). The number of hydrogen-bond donors (Lipinski definition) is 3. The minimum absolute atomic E-state index is 0.0597. The smallest absolute Gasteiger partial charge is 0.306 e. The van der Waals surface area contributed by atoms with E-state index in [4.69, 9.17) is 15.6 Å². The molecule has 0 saturated carbocycles. The largest absolute Gasteiger partial charge is 0.481 e. The number of carboxylic acids is 1. The van der Waals surface area contributed by atoms with Crippen LogP contribution in [0.1, 0.15) is 45.4 Å². The van der Waals surface area contributed by atoms with Crippen LogP contribution in [0, 0.1) is 5.92 Å². The van der Waals surface area contributed by atoms with Gasteiger partial charge in [-0.15, -0.1) is 0 Å². The van der Waals surface area contributed by atoms with Gasteiger partial charge in [0.25, 0.3) is 0 Å². The Balaban J connectivity index is 3.93. The molecule has 118 valence electrons. The average molecular weight is 288 g/mol. The molecule has 0 fully saturated rings. The third-order valence-corrected chi connectivity index (χ3v) is 3.31. The molecule has 0 aromatic heterocycles. The van der Waals surface area contributed by atoms with Crippen molar-refractivity contribution < 1.29 is 19.4 Å². The van der Waals surface area contributed by atoms with E-state index in [1.807, 2.05) is 0 Å². The van der Waals surface area contributed by atoms with Crippen molar-refractivity contribution in [2.24, 2.45) is 11.7 Å². The number of ether oxygens (including phenoxy) is 1. The lowest BCUT2D eigenvalue weighted by molar-refractivity contribution is -0.140. The second-order valence-corrected chi connectivity index (χ2v) is 5.03. The Morgan fingerprint density at radius 2 is 2.00 bits per heavy atom. The van der Waals surface area contributed by atoms with Crippen molar-refractivity contribution in [3.8, 4) is 0 Å². The molecular formula is C14H28N2O4. The van der Waals surface area contributed by atoms with E-state index >= 15 is 0 Å². The van der Waals surface area contributed by atoms with Crippen LogP contribution >= 0.6 is 0 Å². The number of carbonyl (C=O) groups excluding carboxylic acids is 1. The van der Waals surface area contributed by atoms with Crippen LogP contribution in [0.4, 0.5) is 0 Å². The maximum Gasteiger partial charge on any atom is 0.306 e. The molecule has 2 atom stereocenters. The molecule has 1 amide bonds. The number of amides is 1. The number of methoxy groups -OCH3 is 1. The fourth-order valence-corrected chi connectivity index (χ4v) is 2.16. The second-order valence-electron chi connectivity index (χ2n) is 5.03. The van der Waals surface area contributed by atoms with Gasteiger partial charge in [-0.2, -0.15) is 0 Å². The van der Waals surface area contributed by atoms with Gasteiger partial charge in [0.2, 0.25) is 5.91 Å². The minimum Gasteiger partial charge on any atom is -0.481 e. The Bertz CT molecular complexity index is 278. The summed E-state index contributed by atoms with van der Waals surface area (Å²) < 4.78 is 5.00. The molecular weight excluding hydrogens is 260 g/mol. The highest BCUT2D eigenvalue weighted by atomic mass is 16.5. The highest BCUT2D eigenvalue weighted by Crippen LogP contribution is 2.16. The summed E-state index contributed by atoms with van der Waals surface area (Å²) >= 11 is 0. The molecule has 6 nitrogen and oxygen atoms in total. The van der Waals surface area contributed by atoms with E-state index in [2.05, 4.69) is 12.2 Å². The summed E-state index contributed by atoms with van der Waals surface area (Å²) in [6.07, 6.45) is 3.82. The summed E-state index contributed by atoms with van der Waals surface area (Å²) in [5.74, 6) is -0.499. The molecule has 2 unspecified atom stereocenters. The highest BCUT2D eigenvalue weighted by molar-refractivity contribution is 5.76. The second kappa shape index (κ2) is 11.7. The summed E-state index contributed by atoms with van der Waals surface area (Å²) in [6.45, 7) is 3.01. The quantitative estimate of drug-likeness (QED) is 0.500. The number of nitrogens with two attached hydrogens (primary N) is 1. The number of nitrogens with one attached hydrogen (secondary N) is 1. The molecule has 0 aliphatic rings. The van der Waals surface area contributed by atoms with E-state index in [-0.39, 0.29) is 18.9 Å². The van der Waals surface area contributed by atoms with Gasteiger partial charge in [-0.3, -0.25) is 9.59 Å². The van der Waals surface area contributed by atoms with Crippen molar-refractivity contribution >= 4 is 11.9 Å². The van der Waals surface area contributed by atoms with Crippen molar-refractivity contribution in [2.45, 2.75) is 51.6 Å². The highest BCUT2D eigenvalue weighted by Gasteiger charge is 2.14. The van der Waals surface area contributed by atoms with Gasteiger partial charge in [0.05, 0.1) is 12.5 Å². The van der Waals surface area contributed by atoms with Crippen molar-refractivity contribution in [1.82, 2.24) is 5.32 Å². The number of hydrogen-bond acceptors (Lipinski definition) is 4. The minimum atomic E-state index is -0.933. The van der Waals surface area contributed by atoms with E-state index in [0.717, 1.165) is 25.7 Å². The van der Waals surface area contributed by atoms with E-state index in [0.29, 0.717) is 18.9 Å². The molecule has 0 spiro atoms. The van der Waals surface area contributed by atoms with Crippen LogP contribution in [0.25, 0.3) is 0 Å². The van der Waals surface area contributed by atoms with Crippen molar-refractivity contribution in [1.29, 1.82) is 0 Å². The molecule has 0 rings (SSSR count). The zero-order valence-corrected chi connectivity index (χ0v) is 12.6. The van der Waals surface area contributed by atoms with Crippen LogP contribution in [0.5, 0.6) is 0 Å². The lowest BCUT2D eigenvalue weighted by Crippen LogP contribution is -2.34. The molecule has 6 heteroatoms. The topological polar surface area (TPSA) is 102 Å². The van der Waals surface area contributed by atoms with Crippen LogP contribution < -0.4 is 11.1 Å². The van der Waals surface area contributed by atoms with Crippen LogP contribution in [0.15, 0.2) is 0 Å². The predicted molar refractivity (Wildman–Crippen MR) is 77.4 cm³/mol. The van der Waals surface area contributed by atoms with E-state index in [9.17, 15) is 9.59 Å². The monoisotopic (exact) mass is 288 g/mol. The van der Waals surface area contributed by atoms with E-state index < -0.39 is 12.1 Å². The van der Waals surface area contributed by atoms with Gasteiger partial charge in [0.1, 0.15) is 0 Å². The third-order valence-electron chi connectivity index (χ3n) is 3.31. The maximum absolute atomic E-state index is 11.7. The fourth-order valence-electron chi connectivity index (χ4n) is 2.16. The first kappa shape index (κ1) is 18.9. The number of carbonyl (C=O) groups is 2. The maximum atomic E-state index is 11.7. The van der Waals surface area contributed by atoms with Crippen LogP contribution in [0.3, 0.4) is 0 Å².